The third-order valence-electron chi connectivity index (χ3n) is 11.1. The first kappa shape index (κ1) is 75.2. The van der Waals surface area contributed by atoms with Crippen LogP contribution in [0.3, 0.4) is 0 Å². The number of benzene rings is 3. The molecule has 4 aliphatic rings. The zero-order valence-corrected chi connectivity index (χ0v) is 47.7. The molecule has 3 aromatic rings. The Hall–Kier alpha value is -1.35. The first-order valence-corrected chi connectivity index (χ1v) is 28.0. The van der Waals surface area contributed by atoms with Crippen molar-refractivity contribution in [2.75, 3.05) is 7.11 Å². The molecule has 1 heterocycles. The van der Waals surface area contributed by atoms with Crippen molar-refractivity contribution >= 4 is 99.7 Å². The zero-order chi connectivity index (χ0) is 49.6. The molecule has 0 saturated heterocycles. The Labute approximate surface area is 472 Å². The molecule has 3 fully saturated rings. The number of aliphatic hydroxyl groups is 1. The number of phenolic OH excluding ortho intramolecular Hbond substituents is 3. The van der Waals surface area contributed by atoms with Gasteiger partial charge in [-0.15, -0.1) is 0 Å². The van der Waals surface area contributed by atoms with Crippen LogP contribution >= 0.6 is 62.3 Å². The maximum absolute atomic E-state index is 11.0. The number of aldehydes is 2. The molecular formula is C46H66Cl6Co4N6O8. The fraction of sp³-hybridized carbons (Fsp3) is 0.478. The van der Waals surface area contributed by atoms with Crippen molar-refractivity contribution in [1.82, 2.24) is 0 Å². The van der Waals surface area contributed by atoms with Gasteiger partial charge in [0.15, 0.2) is 12.6 Å². The molecule has 4 bridgehead atoms. The molecule has 3 aliphatic carbocycles. The summed E-state index contributed by atoms with van der Waals surface area (Å²) in [6.07, 6.45) is 21.4. The van der Waals surface area contributed by atoms with Gasteiger partial charge in [0.2, 0.25) is 0 Å². The molecule has 14 nitrogen and oxygen atoms in total. The molecule has 7 rings (SSSR count). The average Bonchev–Trinajstić information content (AvgIpc) is 3.32. The van der Waals surface area contributed by atoms with Crippen LogP contribution in [0, 0.1) is 20.8 Å². The molecule has 3 saturated carbocycles. The number of fused-ring (bicyclic) bond motifs is 6. The Morgan fingerprint density at radius 3 is 0.914 bits per heavy atom. The molecule has 0 amide bonds. The van der Waals surface area contributed by atoms with E-state index in [0.29, 0.717) is 60.6 Å². The minimum Gasteiger partial charge on any atom is 0 e. The Kier molecular flexibility index (Phi) is 47.2. The first-order chi connectivity index (χ1) is 31.8. The molecule has 0 aromatic heterocycles. The number of rotatable bonds is 2. The molecule has 406 valence electrons. The van der Waals surface area contributed by atoms with Crippen LogP contribution in [0.5, 0.6) is 17.2 Å². The summed E-state index contributed by atoms with van der Waals surface area (Å²) in [5.41, 5.74) is 17.4. The number of aliphatic hydroxyl groups excluding tert-OH is 1. The molecule has 1 aliphatic heterocycles. The number of nitrogens with two attached hydrogens (primary N) is 2. The summed E-state index contributed by atoms with van der Waals surface area (Å²) in [4.78, 5) is 40.3. The van der Waals surface area contributed by atoms with Crippen molar-refractivity contribution in [2.45, 2.75) is 134 Å². The maximum Gasteiger partial charge on any atom is 0 e. The number of carbonyl (C=O) groups is 2. The van der Waals surface area contributed by atoms with Gasteiger partial charge in [-0.25, -0.2) is 0 Å². The van der Waals surface area contributed by atoms with E-state index in [0.717, 1.165) is 88.0 Å². The van der Waals surface area contributed by atoms with E-state index in [2.05, 4.69) is 21.7 Å². The number of aromatic hydroxyl groups is 3. The van der Waals surface area contributed by atoms with Gasteiger partial charge in [0.05, 0.1) is 35.3 Å². The largest absolute Gasteiger partial charge is 0 e. The van der Waals surface area contributed by atoms with Gasteiger partial charge in [-0.1, -0.05) is 38.5 Å². The van der Waals surface area contributed by atoms with Crippen molar-refractivity contribution in [2.24, 2.45) is 31.4 Å². The van der Waals surface area contributed by atoms with E-state index in [1.54, 1.807) is 31.8 Å². The second-order valence-corrected chi connectivity index (χ2v) is 19.2. The normalized spacial score (nSPS) is 20.4. The second kappa shape index (κ2) is 44.0. The second-order valence-electron chi connectivity index (χ2n) is 15.8. The average molecular weight is 1280 g/mol. The Morgan fingerprint density at radius 1 is 0.486 bits per heavy atom. The van der Waals surface area contributed by atoms with Gasteiger partial charge >= 0.3 is 66.4 Å². The standard InChI is InChI=1S/C30H36N4O2.C9H8O3.C6H14N2.CH4O.Cl2.4ClH.4Co.2H2O/c1-19-11-21-15-31-25-7-3-5-9-27(25)33-17-23-13-20(2)14-24(30(23)36)18-34-28-10-6-4-8-26(28)32-16-22(12-19)29(21)35;1-6-2-7(4-10)9(12)8(3-6)5-11;7-5-3-1-2-4-6(5)8;2*1-2;;;;;;;;;;/h11-18,25-28,35-36H,3-10H2,1-2H3;2-5,12H,1H3;5-6H,1-4,7-8H2;2H,1H3;;4*1H;;;;;2*1H2/q;;;;;;;;;;;2*+2;;/p-4. The van der Waals surface area contributed by atoms with Crippen molar-refractivity contribution in [3.8, 4) is 17.2 Å². The number of phenols is 3. The maximum atomic E-state index is 11.0. The molecule has 12 N–H and O–H groups in total. The molecule has 6 atom stereocenters. The van der Waals surface area contributed by atoms with Gasteiger partial charge in [0, 0.05) is 122 Å². The van der Waals surface area contributed by atoms with E-state index in [1.165, 1.54) is 25.0 Å². The fourth-order valence-electron chi connectivity index (χ4n) is 7.85. The third-order valence-corrected chi connectivity index (χ3v) is 11.1. The van der Waals surface area contributed by atoms with Crippen LogP contribution in [0.15, 0.2) is 56.4 Å². The minimum atomic E-state index is -0.245. The Bertz CT molecular complexity index is 1830. The predicted octanol–water partition coefficient (Wildman–Crippen LogP) is 9.35. The van der Waals surface area contributed by atoms with Gasteiger partial charge in [-0.2, -0.15) is 0 Å². The summed E-state index contributed by atoms with van der Waals surface area (Å²) >= 11 is 0.764. The van der Waals surface area contributed by atoms with Crippen LogP contribution in [0.2, 0.25) is 0 Å². The van der Waals surface area contributed by atoms with Gasteiger partial charge in [0.1, 0.15) is 17.2 Å². The van der Waals surface area contributed by atoms with Crippen LogP contribution in [0.4, 0.5) is 0 Å². The number of nitrogens with zero attached hydrogens (tertiary/aromatic N) is 4. The van der Waals surface area contributed by atoms with Gasteiger partial charge in [-0.05, 0) is 112 Å². The molecule has 2 radical (unpaired) electrons. The van der Waals surface area contributed by atoms with Crippen LogP contribution in [-0.4, -0.2) is 112 Å². The van der Waals surface area contributed by atoms with Crippen molar-refractivity contribution < 1.29 is 100 Å². The first-order valence-electron chi connectivity index (χ1n) is 21.1. The van der Waals surface area contributed by atoms with Crippen LogP contribution in [0.25, 0.3) is 0 Å². The third kappa shape index (κ3) is 26.7. The van der Waals surface area contributed by atoms with Gasteiger partial charge < -0.3 is 42.8 Å². The summed E-state index contributed by atoms with van der Waals surface area (Å²) in [6, 6.07) is 11.7. The quantitative estimate of drug-likeness (QED) is 0.134. The van der Waals surface area contributed by atoms with E-state index < -0.39 is 0 Å². The molecule has 0 spiro atoms. The van der Waals surface area contributed by atoms with E-state index in [4.69, 9.17) is 77.1 Å². The van der Waals surface area contributed by atoms with Crippen LogP contribution in [0.1, 0.15) is 137 Å². The van der Waals surface area contributed by atoms with Crippen molar-refractivity contribution in [3.63, 3.8) is 0 Å². The smallest absolute Gasteiger partial charge is 0 e. The van der Waals surface area contributed by atoms with Crippen molar-refractivity contribution in [1.29, 1.82) is 0 Å². The van der Waals surface area contributed by atoms with Crippen LogP contribution < -0.4 is 11.5 Å². The molecule has 24 heteroatoms. The number of hydrogen-bond acceptors (Lipinski definition) is 12. The zero-order valence-electron chi connectivity index (χ0n) is 39.0. The van der Waals surface area contributed by atoms with E-state index in [1.807, 2.05) is 38.1 Å². The number of aryl methyl sites for hydroxylation is 3. The number of aliphatic imine (C=N–C) groups is 4. The molecular weight excluding hydrogens is 1210 g/mol. The van der Waals surface area contributed by atoms with Crippen molar-refractivity contribution in [3.05, 3.63) is 86.5 Å². The summed E-state index contributed by atoms with van der Waals surface area (Å²) in [7, 11) is 28.2. The summed E-state index contributed by atoms with van der Waals surface area (Å²) in [6.45, 7) is 5.81. The molecule has 70 heavy (non-hydrogen) atoms. The van der Waals surface area contributed by atoms with E-state index in [-0.39, 0.29) is 109 Å². The predicted molar refractivity (Wildman–Crippen MR) is 277 cm³/mol. The fourth-order valence-corrected chi connectivity index (χ4v) is 7.85. The monoisotopic (exact) mass is 1280 g/mol. The number of hydrogen-bond donors (Lipinski definition) is 6. The molecule has 3 aromatic carbocycles. The van der Waals surface area contributed by atoms with Crippen LogP contribution in [-0.2, 0) is 59.3 Å². The Morgan fingerprint density at radius 2 is 0.700 bits per heavy atom. The topological polar surface area (TPSA) is 280 Å². The van der Waals surface area contributed by atoms with E-state index >= 15 is 0 Å². The summed E-state index contributed by atoms with van der Waals surface area (Å²) < 4.78 is 0. The Balaban J connectivity index is -0.000000528. The minimum absolute atomic E-state index is 0. The summed E-state index contributed by atoms with van der Waals surface area (Å²) in [5, 5.41) is 38.3. The molecule has 6 unspecified atom stereocenters. The van der Waals surface area contributed by atoms with Gasteiger partial charge in [0.25, 0.3) is 0 Å². The SMILES string of the molecule is CO.Cc1cc(C=O)c(O)c(C=O)c1.Cc1cc2c(O)c(c1)C=NC1CCCCC1N=Cc1cc(C)cc(c1O)C=NC1CCCCC1N=C2.ClCl.NC1CCCCC1N.O.O.[Cl][Co][Cl].[Cl][Co][Cl].[Co].[Co]. The number of halogens is 6. The van der Waals surface area contributed by atoms with E-state index in [9.17, 15) is 24.9 Å². The number of carbonyl (C=O) groups excluding carboxylic acids is 2. The summed E-state index contributed by atoms with van der Waals surface area (Å²) in [5.74, 6) is 0.193. The van der Waals surface area contributed by atoms with Gasteiger partial charge in [-0.3, -0.25) is 29.6 Å².